The van der Waals surface area contributed by atoms with Crippen LogP contribution in [0, 0.1) is 34.0 Å². The second kappa shape index (κ2) is 10.5. The zero-order valence-electron chi connectivity index (χ0n) is 26.4. The van der Waals surface area contributed by atoms with Crippen LogP contribution in [-0.2, 0) is 10.8 Å². The van der Waals surface area contributed by atoms with Crippen molar-refractivity contribution < 1.29 is 4.42 Å². The summed E-state index contributed by atoms with van der Waals surface area (Å²) in [6, 6.07) is 31.6. The van der Waals surface area contributed by atoms with Crippen LogP contribution in [0.15, 0.2) is 82.8 Å². The van der Waals surface area contributed by atoms with Gasteiger partial charge < -0.3 is 8.98 Å². The van der Waals surface area contributed by atoms with Crippen molar-refractivity contribution in [3.8, 4) is 33.6 Å². The van der Waals surface area contributed by atoms with Gasteiger partial charge in [-0.1, -0.05) is 53.7 Å². The highest BCUT2D eigenvalue weighted by Crippen LogP contribution is 2.44. The van der Waals surface area contributed by atoms with Gasteiger partial charge in [0.1, 0.15) is 34.9 Å². The third-order valence-corrected chi connectivity index (χ3v) is 11.0. The topological polar surface area (TPSA) is 89.4 Å². The molecule has 7 rings (SSSR count). The first kappa shape index (κ1) is 29.6. The molecule has 4 heterocycles. The number of furan rings is 1. The van der Waals surface area contributed by atoms with Crippen molar-refractivity contribution in [1.82, 2.24) is 4.57 Å². The Morgan fingerprint density at radius 1 is 0.630 bits per heavy atom. The number of aromatic nitrogens is 1. The average molecular weight is 635 g/mol. The maximum atomic E-state index is 9.57. The van der Waals surface area contributed by atoms with E-state index in [9.17, 15) is 15.8 Å². The molecule has 224 valence electrons. The molecule has 4 aromatic heterocycles. The van der Waals surface area contributed by atoms with Crippen molar-refractivity contribution in [2.45, 2.75) is 52.4 Å². The summed E-state index contributed by atoms with van der Waals surface area (Å²) >= 11 is 3.03. The normalized spacial score (nSPS) is 12.1. The Bertz CT molecular complexity index is 2450. The molecular weight excluding hydrogens is 605 g/mol. The minimum absolute atomic E-state index is 0.0392. The van der Waals surface area contributed by atoms with Crippen LogP contribution in [-0.4, -0.2) is 4.57 Å². The lowest BCUT2D eigenvalue weighted by atomic mass is 9.85. The van der Waals surface area contributed by atoms with Gasteiger partial charge in [0.25, 0.3) is 0 Å². The average Bonchev–Trinajstić information content (AvgIpc) is 3.79. The van der Waals surface area contributed by atoms with Crippen molar-refractivity contribution in [2.24, 2.45) is 0 Å². The molecule has 46 heavy (non-hydrogen) atoms. The van der Waals surface area contributed by atoms with E-state index in [1.165, 1.54) is 44.3 Å². The van der Waals surface area contributed by atoms with Crippen molar-refractivity contribution >= 4 is 71.3 Å². The van der Waals surface area contributed by atoms with Crippen molar-refractivity contribution in [2.75, 3.05) is 0 Å². The molecule has 3 aromatic carbocycles. The SMILES string of the molecule is CC(C)(C)c1ccc2c(c1)c1cc(C(C)(C)C)ccc1n2-c1ccc2c(c1)oc1cc(-c3ccc(C(C#N)=C(C#N)C#N)s3)sc12. The molecule has 0 amide bonds. The molecule has 7 aromatic rings. The van der Waals surface area contributed by atoms with Crippen LogP contribution in [0.2, 0.25) is 0 Å². The molecule has 0 N–H and O–H groups in total. The van der Waals surface area contributed by atoms with E-state index in [4.69, 9.17) is 4.42 Å². The number of nitrogens with zero attached hydrogens (tertiary/aromatic N) is 4. The number of allylic oxidation sites excluding steroid dienone is 2. The standard InChI is InChI=1S/C39H30N4OS2/c1-38(2,3)23-7-11-30-27(15-23)28-16-24(39(4,5)6)8-12-31(28)43(30)25-9-10-26-32(17-25)44-33-18-36(46-37(26)33)35-14-13-34(45-35)29(21-42)22(19-40)20-41/h7-18H,1-6H3. The monoisotopic (exact) mass is 634 g/mol. The van der Waals surface area contributed by atoms with E-state index in [1.807, 2.05) is 30.3 Å². The molecule has 0 saturated carbocycles. The summed E-state index contributed by atoms with van der Waals surface area (Å²) in [5, 5.41) is 31.6. The second-order valence-electron chi connectivity index (χ2n) is 13.6. The molecule has 0 aliphatic rings. The van der Waals surface area contributed by atoms with Crippen molar-refractivity contribution in [1.29, 1.82) is 15.8 Å². The zero-order chi connectivity index (χ0) is 32.5. The first-order chi connectivity index (χ1) is 21.9. The smallest absolute Gasteiger partial charge is 0.148 e. The number of nitriles is 3. The van der Waals surface area contributed by atoms with Crippen LogP contribution in [0.1, 0.15) is 57.5 Å². The fourth-order valence-electron chi connectivity index (χ4n) is 6.01. The van der Waals surface area contributed by atoms with E-state index in [0.29, 0.717) is 4.88 Å². The summed E-state index contributed by atoms with van der Waals surface area (Å²) in [6.07, 6.45) is 0. The third-order valence-electron chi connectivity index (χ3n) is 8.56. The van der Waals surface area contributed by atoms with Crippen LogP contribution >= 0.6 is 22.7 Å². The van der Waals surface area contributed by atoms with Crippen molar-refractivity contribution in [3.63, 3.8) is 0 Å². The van der Waals surface area contributed by atoms with E-state index in [2.05, 4.69) is 101 Å². The van der Waals surface area contributed by atoms with E-state index in [-0.39, 0.29) is 22.0 Å². The Morgan fingerprint density at radius 2 is 1.26 bits per heavy atom. The highest BCUT2D eigenvalue weighted by atomic mass is 32.1. The highest BCUT2D eigenvalue weighted by Gasteiger charge is 2.22. The van der Waals surface area contributed by atoms with E-state index in [1.54, 1.807) is 17.4 Å². The number of benzene rings is 3. The molecule has 0 radical (unpaired) electrons. The van der Waals surface area contributed by atoms with Gasteiger partial charge in [-0.15, -0.1) is 22.7 Å². The molecule has 0 spiro atoms. The molecule has 0 atom stereocenters. The molecule has 5 nitrogen and oxygen atoms in total. The molecular formula is C39H30N4OS2. The lowest BCUT2D eigenvalue weighted by Gasteiger charge is -2.19. The van der Waals surface area contributed by atoms with E-state index >= 15 is 0 Å². The Balaban J connectivity index is 1.35. The van der Waals surface area contributed by atoms with E-state index in [0.717, 1.165) is 36.7 Å². The predicted octanol–water partition coefficient (Wildman–Crippen LogP) is 11.4. The summed E-state index contributed by atoms with van der Waals surface area (Å²) in [5.74, 6) is 0. The van der Waals surface area contributed by atoms with Gasteiger partial charge in [0, 0.05) is 48.6 Å². The van der Waals surface area contributed by atoms with Gasteiger partial charge in [-0.05, 0) is 70.5 Å². The van der Waals surface area contributed by atoms with Crippen molar-refractivity contribution in [3.05, 3.63) is 94.4 Å². The largest absolute Gasteiger partial charge is 0.455 e. The van der Waals surface area contributed by atoms with Gasteiger partial charge in [-0.2, -0.15) is 15.8 Å². The Kier molecular flexibility index (Phi) is 6.73. The molecule has 0 saturated heterocycles. The minimum Gasteiger partial charge on any atom is -0.455 e. The fourth-order valence-corrected chi connectivity index (χ4v) is 8.21. The zero-order valence-corrected chi connectivity index (χ0v) is 28.1. The Hall–Kier alpha value is -5.13. The molecule has 0 aliphatic carbocycles. The summed E-state index contributed by atoms with van der Waals surface area (Å²) in [6.45, 7) is 13.5. The van der Waals surface area contributed by atoms with E-state index < -0.39 is 0 Å². The lowest BCUT2D eigenvalue weighted by Crippen LogP contribution is -2.10. The number of fused-ring (bicyclic) bond motifs is 6. The molecule has 0 aliphatic heterocycles. The number of rotatable bonds is 3. The predicted molar refractivity (Wildman–Crippen MR) is 190 cm³/mol. The highest BCUT2D eigenvalue weighted by molar-refractivity contribution is 7.27. The quantitative estimate of drug-likeness (QED) is 0.181. The van der Waals surface area contributed by atoms with Gasteiger partial charge in [0.05, 0.1) is 21.3 Å². The maximum absolute atomic E-state index is 9.57. The van der Waals surface area contributed by atoms with Crippen LogP contribution in [0.3, 0.4) is 0 Å². The van der Waals surface area contributed by atoms with Crippen LogP contribution < -0.4 is 0 Å². The maximum Gasteiger partial charge on any atom is 0.148 e. The summed E-state index contributed by atoms with van der Waals surface area (Å²) in [5.41, 5.74) is 7.64. The first-order valence-corrected chi connectivity index (χ1v) is 16.7. The Morgan fingerprint density at radius 3 is 1.83 bits per heavy atom. The van der Waals surface area contributed by atoms with Crippen LogP contribution in [0.5, 0.6) is 0 Å². The number of hydrogen-bond donors (Lipinski definition) is 0. The molecule has 0 unspecified atom stereocenters. The van der Waals surface area contributed by atoms with Gasteiger partial charge in [0.15, 0.2) is 0 Å². The molecule has 0 fully saturated rings. The summed E-state index contributed by atoms with van der Waals surface area (Å²) in [4.78, 5) is 2.56. The van der Waals surface area contributed by atoms with Gasteiger partial charge in [-0.25, -0.2) is 0 Å². The summed E-state index contributed by atoms with van der Waals surface area (Å²) in [7, 11) is 0. The fraction of sp³-hybridized carbons (Fsp3) is 0.205. The lowest BCUT2D eigenvalue weighted by molar-refractivity contribution is 0.590. The molecule has 0 bridgehead atoms. The summed E-state index contributed by atoms with van der Waals surface area (Å²) < 4.78 is 9.85. The van der Waals surface area contributed by atoms with Gasteiger partial charge >= 0.3 is 0 Å². The van der Waals surface area contributed by atoms with Gasteiger partial charge in [-0.3, -0.25) is 0 Å². The second-order valence-corrected chi connectivity index (χ2v) is 15.8. The minimum atomic E-state index is -0.176. The number of hydrogen-bond acceptors (Lipinski definition) is 6. The third kappa shape index (κ3) is 4.70. The van der Waals surface area contributed by atoms with Crippen LogP contribution in [0.4, 0.5) is 0 Å². The van der Waals surface area contributed by atoms with Crippen LogP contribution in [0.25, 0.3) is 64.1 Å². The van der Waals surface area contributed by atoms with Gasteiger partial charge in [0.2, 0.25) is 0 Å². The Labute approximate surface area is 275 Å². The number of thiophene rings is 2. The molecule has 7 heteroatoms. The first-order valence-electron chi connectivity index (χ1n) is 15.0.